The normalized spacial score (nSPS) is 11.7. The van der Waals surface area contributed by atoms with Crippen LogP contribution in [0.3, 0.4) is 0 Å². The van der Waals surface area contributed by atoms with Crippen molar-refractivity contribution >= 4 is 27.2 Å². The predicted octanol–water partition coefficient (Wildman–Crippen LogP) is 0.865. The molecule has 1 aromatic heterocycles. The average Bonchev–Trinajstić information content (AvgIpc) is 2.93. The molecule has 2 aromatic rings. The first kappa shape index (κ1) is 14.6. The van der Waals surface area contributed by atoms with Crippen molar-refractivity contribution in [3.05, 3.63) is 47.9 Å². The van der Waals surface area contributed by atoms with E-state index in [-0.39, 0.29) is 16.6 Å². The van der Waals surface area contributed by atoms with E-state index in [2.05, 4.69) is 9.97 Å². The molecular formula is C12H14N4O2S2. The van der Waals surface area contributed by atoms with Gasteiger partial charge in [0, 0.05) is 19.2 Å². The van der Waals surface area contributed by atoms with Crippen molar-refractivity contribution in [1.29, 1.82) is 0 Å². The van der Waals surface area contributed by atoms with Gasteiger partial charge < -0.3 is 10.7 Å². The zero-order chi connectivity index (χ0) is 14.8. The molecule has 0 saturated heterocycles. The third-order valence-electron chi connectivity index (χ3n) is 2.78. The summed E-state index contributed by atoms with van der Waals surface area (Å²) in [4.78, 5) is 6.60. The summed E-state index contributed by atoms with van der Waals surface area (Å²) in [6.45, 7) is 0.220. The van der Waals surface area contributed by atoms with Crippen LogP contribution in [0.2, 0.25) is 0 Å². The lowest BCUT2D eigenvalue weighted by Crippen LogP contribution is -2.27. The smallest absolute Gasteiger partial charge is 0.260 e. The molecule has 6 nitrogen and oxygen atoms in total. The molecule has 20 heavy (non-hydrogen) atoms. The van der Waals surface area contributed by atoms with Crippen LogP contribution in [0.5, 0.6) is 0 Å². The Balaban J connectivity index is 2.22. The maximum absolute atomic E-state index is 12.2. The van der Waals surface area contributed by atoms with Crippen LogP contribution in [0.25, 0.3) is 0 Å². The number of H-pyrrole nitrogens is 1. The van der Waals surface area contributed by atoms with E-state index in [1.165, 1.54) is 23.9 Å². The Morgan fingerprint density at radius 3 is 2.85 bits per heavy atom. The summed E-state index contributed by atoms with van der Waals surface area (Å²) in [5.74, 6) is 0. The number of nitrogens with one attached hydrogen (secondary N) is 1. The number of aromatic nitrogens is 2. The molecule has 0 atom stereocenters. The van der Waals surface area contributed by atoms with Gasteiger partial charge in [-0.05, 0) is 11.6 Å². The molecule has 0 spiro atoms. The lowest BCUT2D eigenvalue weighted by molar-refractivity contribution is 0.464. The molecule has 0 fully saturated rings. The summed E-state index contributed by atoms with van der Waals surface area (Å²) >= 11 is 4.91. The maximum atomic E-state index is 12.2. The molecule has 0 aliphatic rings. The Kier molecular flexibility index (Phi) is 4.17. The molecule has 0 amide bonds. The van der Waals surface area contributed by atoms with Gasteiger partial charge in [0.15, 0.2) is 5.03 Å². The second-order valence-corrected chi connectivity index (χ2v) is 6.69. The van der Waals surface area contributed by atoms with Crippen LogP contribution in [-0.4, -0.2) is 34.7 Å². The van der Waals surface area contributed by atoms with Gasteiger partial charge in [0.25, 0.3) is 10.0 Å². The molecule has 0 unspecified atom stereocenters. The number of thiocarbonyl (C=S) groups is 1. The SMILES string of the molecule is CN(Cc1cccc(C(N)=S)c1)S(=O)(=O)c1cnc[nH]1. The number of benzene rings is 1. The van der Waals surface area contributed by atoms with Crippen molar-refractivity contribution in [3.63, 3.8) is 0 Å². The second kappa shape index (κ2) is 5.70. The van der Waals surface area contributed by atoms with E-state index in [9.17, 15) is 8.42 Å². The summed E-state index contributed by atoms with van der Waals surface area (Å²) < 4.78 is 25.7. The van der Waals surface area contributed by atoms with Gasteiger partial charge in [-0.25, -0.2) is 13.4 Å². The number of nitrogens with zero attached hydrogens (tertiary/aromatic N) is 2. The van der Waals surface area contributed by atoms with Crippen LogP contribution in [-0.2, 0) is 16.6 Å². The molecule has 106 valence electrons. The van der Waals surface area contributed by atoms with Crippen LogP contribution in [0.15, 0.2) is 41.8 Å². The predicted molar refractivity (Wildman–Crippen MR) is 79.6 cm³/mol. The average molecular weight is 310 g/mol. The fourth-order valence-corrected chi connectivity index (χ4v) is 2.89. The number of imidazole rings is 1. The second-order valence-electron chi connectivity index (χ2n) is 4.24. The van der Waals surface area contributed by atoms with Gasteiger partial charge in [0.2, 0.25) is 0 Å². The van der Waals surface area contributed by atoms with Crippen LogP contribution in [0.1, 0.15) is 11.1 Å². The number of hydrogen-bond donors (Lipinski definition) is 2. The number of nitrogens with two attached hydrogens (primary N) is 1. The zero-order valence-corrected chi connectivity index (χ0v) is 12.4. The van der Waals surface area contributed by atoms with E-state index in [1.54, 1.807) is 18.2 Å². The monoisotopic (exact) mass is 310 g/mol. The topological polar surface area (TPSA) is 92.1 Å². The fraction of sp³-hybridized carbons (Fsp3) is 0.167. The largest absolute Gasteiger partial charge is 0.389 e. The van der Waals surface area contributed by atoms with Gasteiger partial charge in [-0.1, -0.05) is 30.4 Å². The van der Waals surface area contributed by atoms with E-state index in [4.69, 9.17) is 18.0 Å². The quantitative estimate of drug-likeness (QED) is 0.799. The molecule has 0 bridgehead atoms. The van der Waals surface area contributed by atoms with E-state index >= 15 is 0 Å². The number of rotatable bonds is 5. The molecule has 0 radical (unpaired) electrons. The minimum atomic E-state index is -3.58. The Bertz CT molecular complexity index is 711. The Morgan fingerprint density at radius 1 is 1.50 bits per heavy atom. The first-order valence-electron chi connectivity index (χ1n) is 5.74. The van der Waals surface area contributed by atoms with Gasteiger partial charge in [-0.3, -0.25) is 0 Å². The van der Waals surface area contributed by atoms with E-state index in [0.29, 0.717) is 5.56 Å². The molecule has 0 aliphatic carbocycles. The van der Waals surface area contributed by atoms with Crippen molar-refractivity contribution in [2.24, 2.45) is 5.73 Å². The minimum Gasteiger partial charge on any atom is -0.389 e. The highest BCUT2D eigenvalue weighted by molar-refractivity contribution is 7.89. The summed E-state index contributed by atoms with van der Waals surface area (Å²) in [6, 6.07) is 7.18. The first-order valence-corrected chi connectivity index (χ1v) is 7.59. The van der Waals surface area contributed by atoms with Crippen molar-refractivity contribution < 1.29 is 8.42 Å². The van der Waals surface area contributed by atoms with Crippen LogP contribution >= 0.6 is 12.2 Å². The maximum Gasteiger partial charge on any atom is 0.260 e. The summed E-state index contributed by atoms with van der Waals surface area (Å²) in [5, 5.41) is 0.0606. The lowest BCUT2D eigenvalue weighted by atomic mass is 10.1. The molecule has 1 aromatic carbocycles. The highest BCUT2D eigenvalue weighted by atomic mass is 32.2. The number of hydrogen-bond acceptors (Lipinski definition) is 4. The van der Waals surface area contributed by atoms with E-state index < -0.39 is 10.0 Å². The van der Waals surface area contributed by atoms with Crippen LogP contribution < -0.4 is 5.73 Å². The van der Waals surface area contributed by atoms with Gasteiger partial charge >= 0.3 is 0 Å². The zero-order valence-electron chi connectivity index (χ0n) is 10.8. The highest BCUT2D eigenvalue weighted by Gasteiger charge is 2.22. The summed E-state index contributed by atoms with van der Waals surface area (Å²) in [5.41, 5.74) is 7.08. The number of sulfonamides is 1. The third kappa shape index (κ3) is 3.03. The molecule has 2 rings (SSSR count). The van der Waals surface area contributed by atoms with Gasteiger partial charge in [-0.15, -0.1) is 0 Å². The van der Waals surface area contributed by atoms with Crippen molar-refractivity contribution in [3.8, 4) is 0 Å². The lowest BCUT2D eigenvalue weighted by Gasteiger charge is -2.16. The Labute approximate surface area is 122 Å². The van der Waals surface area contributed by atoms with Gasteiger partial charge in [0.05, 0.1) is 12.5 Å². The summed E-state index contributed by atoms with van der Waals surface area (Å²) in [6.07, 6.45) is 2.60. The molecule has 3 N–H and O–H groups in total. The Morgan fingerprint density at radius 2 is 2.25 bits per heavy atom. The minimum absolute atomic E-state index is 0.0606. The molecule has 0 saturated carbocycles. The third-order valence-corrected chi connectivity index (χ3v) is 4.74. The van der Waals surface area contributed by atoms with Crippen molar-refractivity contribution in [2.75, 3.05) is 7.05 Å². The molecular weight excluding hydrogens is 296 g/mol. The Hall–Kier alpha value is -1.77. The van der Waals surface area contributed by atoms with Crippen molar-refractivity contribution in [2.45, 2.75) is 11.6 Å². The van der Waals surface area contributed by atoms with Crippen LogP contribution in [0, 0.1) is 0 Å². The highest BCUT2D eigenvalue weighted by Crippen LogP contribution is 2.14. The van der Waals surface area contributed by atoms with Gasteiger partial charge in [0.1, 0.15) is 4.99 Å². The van der Waals surface area contributed by atoms with E-state index in [0.717, 1.165) is 5.56 Å². The summed E-state index contributed by atoms with van der Waals surface area (Å²) in [7, 11) is -2.07. The first-order chi connectivity index (χ1) is 9.41. The fourth-order valence-electron chi connectivity index (χ4n) is 1.72. The molecule has 0 aliphatic heterocycles. The van der Waals surface area contributed by atoms with Gasteiger partial charge in [-0.2, -0.15) is 4.31 Å². The van der Waals surface area contributed by atoms with Crippen LogP contribution in [0.4, 0.5) is 0 Å². The standard InChI is InChI=1S/C12H14N4O2S2/c1-16(20(17,18)11-6-14-8-15-11)7-9-3-2-4-10(5-9)12(13)19/h2-6,8H,7H2,1H3,(H2,13,19)(H,14,15). The van der Waals surface area contributed by atoms with Crippen molar-refractivity contribution in [1.82, 2.24) is 14.3 Å². The number of aromatic amines is 1. The molecule has 8 heteroatoms. The molecule has 1 heterocycles. The van der Waals surface area contributed by atoms with E-state index in [1.807, 2.05) is 6.07 Å².